The lowest BCUT2D eigenvalue weighted by atomic mass is 10.1. The summed E-state index contributed by atoms with van der Waals surface area (Å²) in [6.07, 6.45) is 3.67. The van der Waals surface area contributed by atoms with Crippen molar-refractivity contribution in [1.82, 2.24) is 4.98 Å². The Morgan fingerprint density at radius 1 is 1.15 bits per heavy atom. The molecule has 0 spiro atoms. The number of hydrogen-bond donors (Lipinski definition) is 1. The maximum Gasteiger partial charge on any atom is 0.129 e. The summed E-state index contributed by atoms with van der Waals surface area (Å²) in [6, 6.07) is 4.46. The van der Waals surface area contributed by atoms with Crippen LogP contribution in [0, 0.1) is 0 Å². The summed E-state index contributed by atoms with van der Waals surface area (Å²) in [7, 11) is 0. The third-order valence-electron chi connectivity index (χ3n) is 3.59. The lowest BCUT2D eigenvalue weighted by Crippen LogP contribution is -2.32. The molecule has 1 rings (SSSR count). The highest BCUT2D eigenvalue weighted by molar-refractivity contribution is 5.44. The van der Waals surface area contributed by atoms with Crippen LogP contribution >= 0.6 is 0 Å². The maximum absolute atomic E-state index is 9.46. The molecule has 0 aliphatic rings. The van der Waals surface area contributed by atoms with Gasteiger partial charge >= 0.3 is 0 Å². The molecule has 1 aromatic rings. The number of aliphatic hydroxyl groups is 1. The predicted octanol–water partition coefficient (Wildman–Crippen LogP) is 4.10. The number of aliphatic hydroxyl groups excluding tert-OH is 1. The molecular weight excluding hydrogens is 248 g/mol. The number of hydrogen-bond acceptors (Lipinski definition) is 3. The molecule has 20 heavy (non-hydrogen) atoms. The van der Waals surface area contributed by atoms with E-state index in [0.717, 1.165) is 23.6 Å². The van der Waals surface area contributed by atoms with Crippen molar-refractivity contribution in [2.75, 3.05) is 11.4 Å². The van der Waals surface area contributed by atoms with Gasteiger partial charge in [0.15, 0.2) is 0 Å². The number of unbranched alkanes of at least 4 members (excludes halogenated alkanes) is 2. The fourth-order valence-electron chi connectivity index (χ4n) is 2.30. The molecule has 3 nitrogen and oxygen atoms in total. The van der Waals surface area contributed by atoms with Gasteiger partial charge in [-0.05, 0) is 43.9 Å². The summed E-state index contributed by atoms with van der Waals surface area (Å²) in [6.45, 7) is 12.0. The number of nitrogens with zero attached hydrogens (tertiary/aromatic N) is 2. The van der Waals surface area contributed by atoms with Crippen LogP contribution in [0.3, 0.4) is 0 Å². The second-order valence-electron chi connectivity index (χ2n) is 6.07. The fraction of sp³-hybridized carbons (Fsp3) is 0.706. The largest absolute Gasteiger partial charge is 0.392 e. The Labute approximate surface area is 124 Å². The molecule has 0 amide bonds. The van der Waals surface area contributed by atoms with E-state index in [2.05, 4.69) is 39.5 Å². The lowest BCUT2D eigenvalue weighted by Gasteiger charge is -2.29. The van der Waals surface area contributed by atoms with Gasteiger partial charge in [-0.15, -0.1) is 0 Å². The Kier molecular flexibility index (Phi) is 7.00. The highest BCUT2D eigenvalue weighted by Crippen LogP contribution is 2.22. The van der Waals surface area contributed by atoms with Crippen LogP contribution in [-0.4, -0.2) is 22.7 Å². The Balaban J connectivity index is 3.02. The standard InChI is InChI=1S/C17H30N2O/c1-6-7-8-9-19(14(4)5)17-11-15(12-20)10-16(18-17)13(2)3/h10-11,13-14,20H,6-9,12H2,1-5H3. The Hall–Kier alpha value is -1.09. The monoisotopic (exact) mass is 278 g/mol. The van der Waals surface area contributed by atoms with E-state index in [-0.39, 0.29) is 6.61 Å². The summed E-state index contributed by atoms with van der Waals surface area (Å²) < 4.78 is 0. The van der Waals surface area contributed by atoms with Crippen LogP contribution in [-0.2, 0) is 6.61 Å². The van der Waals surface area contributed by atoms with E-state index in [1.165, 1.54) is 19.3 Å². The minimum absolute atomic E-state index is 0.0795. The van der Waals surface area contributed by atoms with E-state index in [1.807, 2.05) is 12.1 Å². The average molecular weight is 278 g/mol. The lowest BCUT2D eigenvalue weighted by molar-refractivity contribution is 0.281. The van der Waals surface area contributed by atoms with Crippen LogP contribution in [0.4, 0.5) is 5.82 Å². The van der Waals surface area contributed by atoms with E-state index < -0.39 is 0 Å². The van der Waals surface area contributed by atoms with Gasteiger partial charge in [-0.25, -0.2) is 4.98 Å². The van der Waals surface area contributed by atoms with Crippen molar-refractivity contribution in [3.8, 4) is 0 Å². The topological polar surface area (TPSA) is 36.4 Å². The van der Waals surface area contributed by atoms with Gasteiger partial charge in [-0.2, -0.15) is 0 Å². The zero-order valence-corrected chi connectivity index (χ0v) is 13.7. The van der Waals surface area contributed by atoms with E-state index in [9.17, 15) is 5.11 Å². The van der Waals surface area contributed by atoms with Crippen LogP contribution < -0.4 is 4.90 Å². The van der Waals surface area contributed by atoms with E-state index >= 15 is 0 Å². The molecule has 0 aromatic carbocycles. The normalized spacial score (nSPS) is 11.4. The van der Waals surface area contributed by atoms with Gasteiger partial charge in [0, 0.05) is 18.3 Å². The summed E-state index contributed by atoms with van der Waals surface area (Å²) in [5.41, 5.74) is 2.02. The SMILES string of the molecule is CCCCCN(c1cc(CO)cc(C(C)C)n1)C(C)C. The summed E-state index contributed by atoms with van der Waals surface area (Å²) in [5, 5.41) is 9.46. The third-order valence-corrected chi connectivity index (χ3v) is 3.59. The van der Waals surface area contributed by atoms with Gasteiger partial charge in [0.05, 0.1) is 6.61 Å². The highest BCUT2D eigenvalue weighted by atomic mass is 16.3. The molecule has 1 N–H and O–H groups in total. The second kappa shape index (κ2) is 8.25. The van der Waals surface area contributed by atoms with E-state index in [4.69, 9.17) is 4.98 Å². The van der Waals surface area contributed by atoms with E-state index in [1.54, 1.807) is 0 Å². The van der Waals surface area contributed by atoms with Crippen LogP contribution in [0.15, 0.2) is 12.1 Å². The molecule has 3 heteroatoms. The zero-order valence-electron chi connectivity index (χ0n) is 13.7. The molecule has 0 unspecified atom stereocenters. The molecule has 0 aliphatic carbocycles. The van der Waals surface area contributed by atoms with Crippen molar-refractivity contribution < 1.29 is 5.11 Å². The molecule has 0 bridgehead atoms. The third kappa shape index (κ3) is 4.78. The molecule has 0 radical (unpaired) electrons. The number of aromatic nitrogens is 1. The Morgan fingerprint density at radius 3 is 2.35 bits per heavy atom. The molecular formula is C17H30N2O. The summed E-state index contributed by atoms with van der Waals surface area (Å²) in [4.78, 5) is 7.14. The quantitative estimate of drug-likeness (QED) is 0.727. The van der Waals surface area contributed by atoms with Crippen LogP contribution in [0.1, 0.15) is 71.1 Å². The van der Waals surface area contributed by atoms with Crippen molar-refractivity contribution in [2.45, 2.75) is 72.4 Å². The second-order valence-corrected chi connectivity index (χ2v) is 6.07. The van der Waals surface area contributed by atoms with Gasteiger partial charge in [0.2, 0.25) is 0 Å². The highest BCUT2D eigenvalue weighted by Gasteiger charge is 2.14. The summed E-state index contributed by atoms with van der Waals surface area (Å²) in [5.74, 6) is 1.39. The smallest absolute Gasteiger partial charge is 0.129 e. The van der Waals surface area contributed by atoms with Crippen molar-refractivity contribution in [3.63, 3.8) is 0 Å². The van der Waals surface area contributed by atoms with E-state index in [0.29, 0.717) is 12.0 Å². The van der Waals surface area contributed by atoms with Crippen LogP contribution in [0.2, 0.25) is 0 Å². The van der Waals surface area contributed by atoms with Gasteiger partial charge in [-0.1, -0.05) is 33.6 Å². The summed E-state index contributed by atoms with van der Waals surface area (Å²) >= 11 is 0. The molecule has 0 saturated carbocycles. The van der Waals surface area contributed by atoms with Crippen LogP contribution in [0.25, 0.3) is 0 Å². The minimum atomic E-state index is 0.0795. The first kappa shape index (κ1) is 17.0. The van der Waals surface area contributed by atoms with Crippen molar-refractivity contribution in [1.29, 1.82) is 0 Å². The first-order chi connectivity index (χ1) is 9.49. The first-order valence-corrected chi connectivity index (χ1v) is 7.87. The molecule has 0 saturated heterocycles. The molecule has 0 fully saturated rings. The van der Waals surface area contributed by atoms with Gasteiger partial charge < -0.3 is 10.0 Å². The van der Waals surface area contributed by atoms with Crippen molar-refractivity contribution >= 4 is 5.82 Å². The molecule has 0 atom stereocenters. The van der Waals surface area contributed by atoms with Crippen LogP contribution in [0.5, 0.6) is 0 Å². The average Bonchev–Trinajstić information content (AvgIpc) is 2.42. The Bertz CT molecular complexity index is 402. The molecule has 1 heterocycles. The molecule has 0 aliphatic heterocycles. The van der Waals surface area contributed by atoms with Gasteiger partial charge in [0.1, 0.15) is 5.82 Å². The van der Waals surface area contributed by atoms with Crippen molar-refractivity contribution in [2.24, 2.45) is 0 Å². The maximum atomic E-state index is 9.46. The molecule has 114 valence electrons. The predicted molar refractivity (Wildman–Crippen MR) is 86.3 cm³/mol. The van der Waals surface area contributed by atoms with Gasteiger partial charge in [-0.3, -0.25) is 0 Å². The van der Waals surface area contributed by atoms with Crippen molar-refractivity contribution in [3.05, 3.63) is 23.4 Å². The number of anilines is 1. The molecule has 1 aromatic heterocycles. The first-order valence-electron chi connectivity index (χ1n) is 7.87. The number of pyridine rings is 1. The minimum Gasteiger partial charge on any atom is -0.392 e. The fourth-order valence-corrected chi connectivity index (χ4v) is 2.30. The Morgan fingerprint density at radius 2 is 1.85 bits per heavy atom. The zero-order chi connectivity index (χ0) is 15.1. The number of rotatable bonds is 8. The van der Waals surface area contributed by atoms with Gasteiger partial charge in [0.25, 0.3) is 0 Å².